The van der Waals surface area contributed by atoms with E-state index in [4.69, 9.17) is 0 Å². The third-order valence-electron chi connectivity index (χ3n) is 15.5. The molecule has 70 heavy (non-hydrogen) atoms. The van der Waals surface area contributed by atoms with Crippen LogP contribution in [-0.4, -0.2) is 6.71 Å². The Balaban J connectivity index is 1.15. The van der Waals surface area contributed by atoms with E-state index in [-0.39, 0.29) is 23.0 Å². The molecule has 0 amide bonds. The summed E-state index contributed by atoms with van der Waals surface area (Å²) in [6.07, 6.45) is 0. The maximum absolute atomic E-state index is 2.66. The van der Waals surface area contributed by atoms with Crippen molar-refractivity contribution >= 4 is 110 Å². The standard InChI is InChI=1S/C66H57BN2S/c1-64(2,3)44-28-32-47(33-29-44)68-55-22-15-23-56-60(55)67(63-62(68)52-38-45(65(4,5)6)31-37-57(52)70-63)53-39-46(66(7,8)9)30-36-54(53)69(56)61-48(40-16-11-10-12-17-40)20-14-21-51(61)49-34-26-43-25-24-41-18-13-19-42-27-35-50(49)59(43)58(41)42/h10-39H,1-9H3. The molecule has 0 N–H and O–H groups in total. The summed E-state index contributed by atoms with van der Waals surface area (Å²) >= 11 is 1.98. The monoisotopic (exact) mass is 920 g/mol. The molecule has 0 bridgehead atoms. The van der Waals surface area contributed by atoms with Crippen LogP contribution in [0.4, 0.5) is 34.1 Å². The van der Waals surface area contributed by atoms with E-state index in [1.807, 2.05) is 11.3 Å². The Hall–Kier alpha value is -7.14. The molecule has 0 unspecified atom stereocenters. The Bertz CT molecular complexity index is 3880. The number of fused-ring (bicyclic) bond motifs is 6. The first kappa shape index (κ1) is 42.9. The second-order valence-corrected chi connectivity index (χ2v) is 24.0. The lowest BCUT2D eigenvalue weighted by Crippen LogP contribution is -2.60. The highest BCUT2D eigenvalue weighted by molar-refractivity contribution is 7.33. The molecule has 2 nitrogen and oxygen atoms in total. The number of thiophene rings is 1. The van der Waals surface area contributed by atoms with Crippen molar-refractivity contribution in [2.45, 2.75) is 78.6 Å². The Morgan fingerprint density at radius 2 is 0.986 bits per heavy atom. The average Bonchev–Trinajstić information content (AvgIpc) is 3.73. The zero-order valence-corrected chi connectivity index (χ0v) is 42.5. The molecule has 11 aromatic rings. The highest BCUT2D eigenvalue weighted by atomic mass is 32.1. The normalized spacial score (nSPS) is 13.7. The molecule has 2 aliphatic heterocycles. The highest BCUT2D eigenvalue weighted by Crippen LogP contribution is 2.53. The van der Waals surface area contributed by atoms with Crippen LogP contribution >= 0.6 is 11.3 Å². The molecule has 2 aliphatic rings. The number of anilines is 6. The van der Waals surface area contributed by atoms with E-state index in [1.54, 1.807) is 0 Å². The second kappa shape index (κ2) is 15.2. The summed E-state index contributed by atoms with van der Waals surface area (Å²) < 4.78 is 2.72. The molecule has 1 aromatic heterocycles. The Morgan fingerprint density at radius 3 is 1.70 bits per heavy atom. The van der Waals surface area contributed by atoms with Crippen molar-refractivity contribution in [1.82, 2.24) is 0 Å². The quantitative estimate of drug-likeness (QED) is 0.128. The number of nitrogens with zero attached hydrogens (tertiary/aromatic N) is 2. The first-order chi connectivity index (χ1) is 33.6. The van der Waals surface area contributed by atoms with Gasteiger partial charge in [-0.3, -0.25) is 0 Å². The molecule has 4 heteroatoms. The first-order valence-corrected chi connectivity index (χ1v) is 25.9. The topological polar surface area (TPSA) is 6.48 Å². The Kier molecular flexibility index (Phi) is 9.31. The maximum Gasteiger partial charge on any atom is 0.264 e. The van der Waals surface area contributed by atoms with Gasteiger partial charge >= 0.3 is 0 Å². The van der Waals surface area contributed by atoms with Gasteiger partial charge < -0.3 is 9.80 Å². The first-order valence-electron chi connectivity index (χ1n) is 25.0. The molecule has 0 fully saturated rings. The van der Waals surface area contributed by atoms with Crippen LogP contribution in [0.3, 0.4) is 0 Å². The highest BCUT2D eigenvalue weighted by Gasteiger charge is 2.46. The number of para-hydroxylation sites is 1. The van der Waals surface area contributed by atoms with Crippen LogP contribution in [0.2, 0.25) is 0 Å². The van der Waals surface area contributed by atoms with Crippen molar-refractivity contribution in [2.75, 3.05) is 9.80 Å². The van der Waals surface area contributed by atoms with Crippen molar-refractivity contribution in [1.29, 1.82) is 0 Å². The fraction of sp³-hybridized carbons (Fsp3) is 0.182. The molecule has 0 saturated carbocycles. The number of rotatable bonds is 4. The third kappa shape index (κ3) is 6.45. The number of benzene rings is 10. The van der Waals surface area contributed by atoms with Crippen molar-refractivity contribution in [2.24, 2.45) is 0 Å². The van der Waals surface area contributed by atoms with Crippen LogP contribution in [-0.2, 0) is 16.2 Å². The summed E-state index contributed by atoms with van der Waals surface area (Å²) in [5.41, 5.74) is 18.9. The summed E-state index contributed by atoms with van der Waals surface area (Å²) in [6.45, 7) is 21.0. The van der Waals surface area contributed by atoms with Gasteiger partial charge in [0.25, 0.3) is 6.71 Å². The zero-order valence-electron chi connectivity index (χ0n) is 41.7. The summed E-state index contributed by atoms with van der Waals surface area (Å²) in [5, 5.41) is 9.09. The zero-order chi connectivity index (χ0) is 48.0. The summed E-state index contributed by atoms with van der Waals surface area (Å²) in [6, 6.07) is 69.9. The van der Waals surface area contributed by atoms with E-state index in [1.165, 1.54) is 131 Å². The smallest absolute Gasteiger partial charge is 0.264 e. The lowest BCUT2D eigenvalue weighted by Gasteiger charge is -2.44. The van der Waals surface area contributed by atoms with Gasteiger partial charge in [-0.15, -0.1) is 11.3 Å². The predicted octanol–water partition coefficient (Wildman–Crippen LogP) is 17.1. The summed E-state index contributed by atoms with van der Waals surface area (Å²) in [4.78, 5) is 5.27. The van der Waals surface area contributed by atoms with Gasteiger partial charge in [0, 0.05) is 48.7 Å². The fourth-order valence-corrected chi connectivity index (χ4v) is 13.1. The van der Waals surface area contributed by atoms with E-state index in [2.05, 4.69) is 254 Å². The van der Waals surface area contributed by atoms with Gasteiger partial charge in [0.2, 0.25) is 0 Å². The minimum Gasteiger partial charge on any atom is -0.310 e. The molecular formula is C66H57BN2S. The van der Waals surface area contributed by atoms with Gasteiger partial charge in [-0.2, -0.15) is 0 Å². The van der Waals surface area contributed by atoms with Crippen molar-refractivity contribution in [3.8, 4) is 22.3 Å². The lowest BCUT2D eigenvalue weighted by molar-refractivity contribution is 0.590. The third-order valence-corrected chi connectivity index (χ3v) is 16.7. The van der Waals surface area contributed by atoms with Crippen LogP contribution in [0, 0.1) is 0 Å². The molecule has 0 atom stereocenters. The average molecular weight is 921 g/mol. The molecule has 0 aliphatic carbocycles. The predicted molar refractivity (Wildman–Crippen MR) is 307 cm³/mol. The van der Waals surface area contributed by atoms with E-state index < -0.39 is 0 Å². The van der Waals surface area contributed by atoms with E-state index in [9.17, 15) is 0 Å². The minimum absolute atomic E-state index is 0.0000445. The van der Waals surface area contributed by atoms with Gasteiger partial charge in [-0.25, -0.2) is 0 Å². The van der Waals surface area contributed by atoms with Gasteiger partial charge in [0.15, 0.2) is 0 Å². The molecule has 0 radical (unpaired) electrons. The van der Waals surface area contributed by atoms with Crippen LogP contribution in [0.5, 0.6) is 0 Å². The van der Waals surface area contributed by atoms with Gasteiger partial charge in [0.05, 0.1) is 11.4 Å². The molecule has 340 valence electrons. The number of hydrogen-bond donors (Lipinski definition) is 0. The summed E-state index contributed by atoms with van der Waals surface area (Å²) in [7, 11) is 0. The Morgan fingerprint density at radius 1 is 0.400 bits per heavy atom. The van der Waals surface area contributed by atoms with E-state index in [0.29, 0.717) is 0 Å². The molecule has 3 heterocycles. The minimum atomic E-state index is -0.0609. The molecule has 0 spiro atoms. The van der Waals surface area contributed by atoms with Crippen LogP contribution < -0.4 is 25.5 Å². The van der Waals surface area contributed by atoms with Crippen LogP contribution in [0.25, 0.3) is 64.7 Å². The fourth-order valence-electron chi connectivity index (χ4n) is 11.8. The van der Waals surface area contributed by atoms with Crippen molar-refractivity contribution < 1.29 is 0 Å². The van der Waals surface area contributed by atoms with E-state index >= 15 is 0 Å². The molecular weight excluding hydrogens is 864 g/mol. The number of hydrogen-bond acceptors (Lipinski definition) is 3. The van der Waals surface area contributed by atoms with Crippen LogP contribution in [0.1, 0.15) is 79.0 Å². The lowest BCUT2D eigenvalue weighted by atomic mass is 9.36. The Labute approximate surface area is 417 Å². The molecule has 10 aromatic carbocycles. The van der Waals surface area contributed by atoms with Crippen LogP contribution in [0.15, 0.2) is 182 Å². The molecule has 0 saturated heterocycles. The van der Waals surface area contributed by atoms with Gasteiger partial charge in [0.1, 0.15) is 0 Å². The second-order valence-electron chi connectivity index (χ2n) is 22.9. The van der Waals surface area contributed by atoms with Gasteiger partial charge in [-0.1, -0.05) is 202 Å². The summed E-state index contributed by atoms with van der Waals surface area (Å²) in [5.74, 6) is 0. The van der Waals surface area contributed by atoms with Crippen molar-refractivity contribution in [3.63, 3.8) is 0 Å². The van der Waals surface area contributed by atoms with E-state index in [0.717, 1.165) is 0 Å². The van der Waals surface area contributed by atoms with Gasteiger partial charge in [-0.05, 0) is 130 Å². The SMILES string of the molecule is CC(C)(C)c1ccc(N2c3cccc4c3B(c3cc(C(C)(C)C)ccc3N4c3c(-c4ccccc4)cccc3-c3ccc4ccc5cccc6ccc3c4c56)c3sc4ccc(C(C)(C)C)cc4c32)cc1. The largest absolute Gasteiger partial charge is 0.310 e. The maximum atomic E-state index is 2.66. The van der Waals surface area contributed by atoms with Crippen molar-refractivity contribution in [3.05, 3.63) is 199 Å². The molecule has 13 rings (SSSR count).